The minimum absolute atomic E-state index is 0.166. The van der Waals surface area contributed by atoms with Gasteiger partial charge in [0, 0.05) is 23.2 Å². The molecule has 0 amide bonds. The molecule has 4 rings (SSSR count). The van der Waals surface area contributed by atoms with E-state index in [1.54, 1.807) is 36.4 Å². The van der Waals surface area contributed by atoms with Crippen LogP contribution in [0.2, 0.25) is 0 Å². The highest BCUT2D eigenvalue weighted by molar-refractivity contribution is 6.31. The Morgan fingerprint density at radius 1 is 0.917 bits per heavy atom. The molecule has 1 N–H and O–H groups in total. The van der Waals surface area contributed by atoms with Crippen LogP contribution in [0.3, 0.4) is 0 Å². The Labute approximate surface area is 137 Å². The zero-order valence-corrected chi connectivity index (χ0v) is 13.4. The lowest BCUT2D eigenvalue weighted by Crippen LogP contribution is -2.21. The van der Waals surface area contributed by atoms with E-state index in [1.165, 1.54) is 4.68 Å². The number of aromatic amines is 1. The number of aromatic nitrogens is 2. The number of carbonyl (C=O) groups excluding carboxylic acids is 2. The first-order valence-corrected chi connectivity index (χ1v) is 7.93. The Morgan fingerprint density at radius 2 is 1.58 bits per heavy atom. The first-order valence-electron chi connectivity index (χ1n) is 7.93. The van der Waals surface area contributed by atoms with Gasteiger partial charge in [0.15, 0.2) is 11.6 Å². The summed E-state index contributed by atoms with van der Waals surface area (Å²) in [6, 6.07) is 10.0. The van der Waals surface area contributed by atoms with Crippen molar-refractivity contribution in [1.82, 2.24) is 9.78 Å². The normalized spacial score (nSPS) is 13.5. The Kier molecular flexibility index (Phi) is 3.06. The molecule has 0 saturated heterocycles. The average molecular weight is 320 g/mol. The van der Waals surface area contributed by atoms with Gasteiger partial charge in [-0.25, -0.2) is 0 Å². The fourth-order valence-corrected chi connectivity index (χ4v) is 3.31. The number of carbonyl (C=O) groups is 2. The van der Waals surface area contributed by atoms with Gasteiger partial charge >= 0.3 is 0 Å². The van der Waals surface area contributed by atoms with Crippen LogP contribution >= 0.6 is 0 Å². The molecule has 1 aliphatic rings. The summed E-state index contributed by atoms with van der Waals surface area (Å²) in [5.74, 6) is -0.118. The molecule has 5 heteroatoms. The molecule has 120 valence electrons. The largest absolute Gasteiger partial charge is 0.294 e. The summed E-state index contributed by atoms with van der Waals surface area (Å²) in [4.78, 5) is 38.2. The number of hydrogen-bond donors (Lipinski definition) is 1. The van der Waals surface area contributed by atoms with E-state index in [4.69, 9.17) is 0 Å². The second-order valence-electron chi connectivity index (χ2n) is 6.54. The number of hydrogen-bond acceptors (Lipinski definition) is 3. The maximum Gasteiger partial charge on any atom is 0.274 e. The minimum atomic E-state index is -0.219. The van der Waals surface area contributed by atoms with E-state index in [9.17, 15) is 14.4 Å². The number of benzene rings is 2. The highest BCUT2D eigenvalue weighted by Gasteiger charge is 2.32. The zero-order valence-electron chi connectivity index (χ0n) is 13.4. The van der Waals surface area contributed by atoms with Crippen molar-refractivity contribution in [1.29, 1.82) is 0 Å². The number of fused-ring (bicyclic) bond motifs is 4. The molecule has 0 fully saturated rings. The van der Waals surface area contributed by atoms with Crippen LogP contribution in [-0.4, -0.2) is 21.3 Å². The quantitative estimate of drug-likeness (QED) is 0.617. The third-order valence-electron chi connectivity index (χ3n) is 4.36. The van der Waals surface area contributed by atoms with E-state index in [2.05, 4.69) is 5.10 Å². The van der Waals surface area contributed by atoms with Gasteiger partial charge in [-0.15, -0.1) is 0 Å². The van der Waals surface area contributed by atoms with Crippen molar-refractivity contribution in [2.45, 2.75) is 20.4 Å². The Morgan fingerprint density at radius 3 is 2.25 bits per heavy atom. The minimum Gasteiger partial charge on any atom is -0.294 e. The Hall–Kier alpha value is -2.95. The van der Waals surface area contributed by atoms with Crippen LogP contribution in [0.4, 0.5) is 0 Å². The van der Waals surface area contributed by atoms with E-state index >= 15 is 0 Å². The van der Waals surface area contributed by atoms with Crippen molar-refractivity contribution >= 4 is 22.5 Å². The van der Waals surface area contributed by atoms with Gasteiger partial charge in [-0.2, -0.15) is 0 Å². The summed E-state index contributed by atoms with van der Waals surface area (Å²) >= 11 is 0. The third-order valence-corrected chi connectivity index (χ3v) is 4.36. The fourth-order valence-electron chi connectivity index (χ4n) is 3.31. The zero-order chi connectivity index (χ0) is 17.0. The second kappa shape index (κ2) is 5.03. The molecule has 1 aliphatic carbocycles. The van der Waals surface area contributed by atoms with Crippen molar-refractivity contribution in [3.8, 4) is 0 Å². The lowest BCUT2D eigenvalue weighted by atomic mass is 9.83. The van der Waals surface area contributed by atoms with E-state index in [-0.39, 0.29) is 23.0 Å². The summed E-state index contributed by atoms with van der Waals surface area (Å²) in [5, 5.41) is 3.48. The first-order chi connectivity index (χ1) is 11.5. The van der Waals surface area contributed by atoms with Crippen molar-refractivity contribution in [3.63, 3.8) is 0 Å². The number of nitrogens with zero attached hydrogens (tertiary/aromatic N) is 1. The predicted molar refractivity (Wildman–Crippen MR) is 90.7 cm³/mol. The fraction of sp³-hybridized carbons (Fsp3) is 0.211. The smallest absolute Gasteiger partial charge is 0.274 e. The van der Waals surface area contributed by atoms with Crippen molar-refractivity contribution in [2.24, 2.45) is 5.92 Å². The number of H-pyrrole nitrogens is 1. The molecule has 0 spiro atoms. The summed E-state index contributed by atoms with van der Waals surface area (Å²) in [5.41, 5.74) is 1.74. The molecular formula is C19H16N2O3. The molecule has 1 heterocycles. The van der Waals surface area contributed by atoms with Crippen LogP contribution in [0.15, 0.2) is 41.2 Å². The first kappa shape index (κ1) is 14.6. The molecule has 3 aromatic rings. The molecule has 0 bridgehead atoms. The summed E-state index contributed by atoms with van der Waals surface area (Å²) < 4.78 is 1.51. The van der Waals surface area contributed by atoms with Gasteiger partial charge in [0.05, 0.1) is 16.5 Å². The van der Waals surface area contributed by atoms with Gasteiger partial charge in [0.25, 0.3) is 5.56 Å². The monoisotopic (exact) mass is 320 g/mol. The van der Waals surface area contributed by atoms with Crippen molar-refractivity contribution in [2.75, 3.05) is 0 Å². The molecule has 1 aromatic heterocycles. The Bertz CT molecular complexity index is 1070. The molecular weight excluding hydrogens is 304 g/mol. The molecule has 24 heavy (non-hydrogen) atoms. The lowest BCUT2D eigenvalue weighted by Gasteiger charge is -2.17. The average Bonchev–Trinajstić information content (AvgIpc) is 2.87. The third kappa shape index (κ3) is 1.91. The highest BCUT2D eigenvalue weighted by Crippen LogP contribution is 2.30. The SMILES string of the molecule is CC(C)Cn1[nH]c2c3c(ccc2c1=O)C(=O)c1ccccc1C3=O. The predicted octanol–water partition coefficient (Wildman–Crippen LogP) is 2.76. The van der Waals surface area contributed by atoms with Crippen LogP contribution in [0, 0.1) is 5.92 Å². The van der Waals surface area contributed by atoms with Crippen molar-refractivity contribution in [3.05, 3.63) is 69.0 Å². The van der Waals surface area contributed by atoms with Gasteiger partial charge < -0.3 is 0 Å². The second-order valence-corrected chi connectivity index (χ2v) is 6.54. The van der Waals surface area contributed by atoms with Crippen LogP contribution in [-0.2, 0) is 6.54 Å². The van der Waals surface area contributed by atoms with Gasteiger partial charge in [-0.3, -0.25) is 24.2 Å². The number of ketones is 2. The summed E-state index contributed by atoms with van der Waals surface area (Å²) in [6.07, 6.45) is 0. The maximum absolute atomic E-state index is 12.9. The molecule has 0 saturated carbocycles. The van der Waals surface area contributed by atoms with Crippen molar-refractivity contribution < 1.29 is 9.59 Å². The molecule has 2 aromatic carbocycles. The van der Waals surface area contributed by atoms with Crippen LogP contribution in [0.1, 0.15) is 45.7 Å². The molecule has 0 radical (unpaired) electrons. The lowest BCUT2D eigenvalue weighted by molar-refractivity contribution is 0.0980. The molecule has 0 unspecified atom stereocenters. The molecule has 0 atom stereocenters. The van der Waals surface area contributed by atoms with Gasteiger partial charge in [-0.1, -0.05) is 38.1 Å². The number of rotatable bonds is 2. The topological polar surface area (TPSA) is 71.9 Å². The van der Waals surface area contributed by atoms with Gasteiger partial charge in [-0.05, 0) is 18.1 Å². The van der Waals surface area contributed by atoms with E-state index in [0.717, 1.165) is 0 Å². The molecule has 5 nitrogen and oxygen atoms in total. The molecule has 0 aliphatic heterocycles. The maximum atomic E-state index is 12.9. The van der Waals surface area contributed by atoms with Crippen LogP contribution < -0.4 is 5.56 Å². The van der Waals surface area contributed by atoms with Crippen LogP contribution in [0.25, 0.3) is 10.9 Å². The van der Waals surface area contributed by atoms with Crippen LogP contribution in [0.5, 0.6) is 0 Å². The summed E-state index contributed by atoms with van der Waals surface area (Å²) in [7, 11) is 0. The van der Waals surface area contributed by atoms with E-state index in [1.807, 2.05) is 13.8 Å². The highest BCUT2D eigenvalue weighted by atomic mass is 16.1. The van der Waals surface area contributed by atoms with E-state index in [0.29, 0.717) is 39.7 Å². The van der Waals surface area contributed by atoms with E-state index < -0.39 is 0 Å². The summed E-state index contributed by atoms with van der Waals surface area (Å²) in [6.45, 7) is 4.55. The Balaban J connectivity index is 2.03. The standard InChI is InChI=1S/C19H16N2O3/c1-10(2)9-21-19(24)14-8-7-13-15(16(14)20-21)18(23)12-6-4-3-5-11(12)17(13)22/h3-8,10,20H,9H2,1-2H3. The van der Waals surface area contributed by atoms with Gasteiger partial charge in [0.2, 0.25) is 0 Å². The van der Waals surface area contributed by atoms with Gasteiger partial charge in [0.1, 0.15) is 0 Å². The number of nitrogens with one attached hydrogen (secondary N) is 1.